The molecule has 0 amide bonds. The lowest BCUT2D eigenvalue weighted by Gasteiger charge is -2.39. The molecule has 9 atom stereocenters. The molecule has 1 nitrogen and oxygen atoms in total. The van der Waals surface area contributed by atoms with Gasteiger partial charge >= 0.3 is 0 Å². The summed E-state index contributed by atoms with van der Waals surface area (Å²) in [6, 6.07) is 12.2. The quantitative estimate of drug-likeness (QED) is 0.319. The Labute approximate surface area is 268 Å². The number of thioether (sulfide) groups is 1. The van der Waals surface area contributed by atoms with Crippen LogP contribution in [0, 0.1) is 35.5 Å². The minimum Gasteiger partial charge on any atom is -0.361 e. The van der Waals surface area contributed by atoms with Gasteiger partial charge in [0, 0.05) is 34.7 Å². The van der Waals surface area contributed by atoms with Gasteiger partial charge in [-0.15, -0.1) is 11.8 Å². The Hall–Kier alpha value is -2.97. The maximum Gasteiger partial charge on any atom is 0.0548 e. The van der Waals surface area contributed by atoms with E-state index in [2.05, 4.69) is 126 Å². The van der Waals surface area contributed by atoms with Crippen LogP contribution >= 0.6 is 11.8 Å². The molecule has 2 heterocycles. The fourth-order valence-corrected chi connectivity index (χ4v) is 11.6. The van der Waals surface area contributed by atoms with Crippen molar-refractivity contribution in [3.8, 4) is 0 Å². The SMILES string of the molecule is C1=CC2C3C=C(C4=CC=C5SC6CCC=CC6C5C4)CC[C@@H]3N(C3=CC(C4CC=CCC4)CC(c4ccccc4)=C3)[C@@H]2C=C1. The van der Waals surface area contributed by atoms with Gasteiger partial charge in [0.15, 0.2) is 0 Å². The highest BCUT2D eigenvalue weighted by Crippen LogP contribution is 2.56. The van der Waals surface area contributed by atoms with Crippen molar-refractivity contribution in [2.24, 2.45) is 35.5 Å². The van der Waals surface area contributed by atoms with Crippen LogP contribution < -0.4 is 0 Å². The van der Waals surface area contributed by atoms with E-state index in [-0.39, 0.29) is 0 Å². The first kappa shape index (κ1) is 27.3. The van der Waals surface area contributed by atoms with Crippen LogP contribution in [0.5, 0.6) is 0 Å². The fourth-order valence-electron chi connectivity index (χ4n) is 9.99. The lowest BCUT2D eigenvalue weighted by atomic mass is 9.73. The summed E-state index contributed by atoms with van der Waals surface area (Å²) in [5, 5.41) is 0.808. The summed E-state index contributed by atoms with van der Waals surface area (Å²) in [7, 11) is 0. The summed E-state index contributed by atoms with van der Waals surface area (Å²) in [5.41, 5.74) is 7.73. The normalized spacial score (nSPS) is 38.5. The number of allylic oxidation sites excluding steroid dienone is 14. The Morgan fingerprint density at radius 2 is 1.64 bits per heavy atom. The summed E-state index contributed by atoms with van der Waals surface area (Å²) in [5.74, 6) is 3.95. The van der Waals surface area contributed by atoms with E-state index < -0.39 is 0 Å². The standard InChI is InChI=1S/C42H45NS/c1-3-11-28(12-4-1)32-23-33(29-13-5-2-6-14-29)25-34(24-32)43-39-17-9-7-15-35(39)37-26-30(19-21-40(37)43)31-20-22-42-38(27-31)36-16-8-10-18-41(36)44-42/h1-5,7-9,11-12,15-17,20,22,24-26,29,33,35-41H,6,10,13-14,18-19,21,23,27H2/t29?,33?,35?,36?,37?,38?,39-,40+,41?/m1/s1. The second-order valence-corrected chi connectivity index (χ2v) is 15.8. The smallest absolute Gasteiger partial charge is 0.0548 e. The van der Waals surface area contributed by atoms with Gasteiger partial charge in [0.25, 0.3) is 0 Å². The first-order chi connectivity index (χ1) is 21.8. The van der Waals surface area contributed by atoms with Gasteiger partial charge in [-0.1, -0.05) is 103 Å². The van der Waals surface area contributed by atoms with Gasteiger partial charge in [-0.2, -0.15) is 0 Å². The third-order valence-electron chi connectivity index (χ3n) is 12.2. The van der Waals surface area contributed by atoms with Crippen molar-refractivity contribution >= 4 is 17.3 Å². The molecule has 0 bridgehead atoms. The van der Waals surface area contributed by atoms with E-state index in [1.54, 1.807) is 16.1 Å². The van der Waals surface area contributed by atoms with Crippen molar-refractivity contribution in [3.63, 3.8) is 0 Å². The minimum absolute atomic E-state index is 0.446. The van der Waals surface area contributed by atoms with E-state index in [1.165, 1.54) is 74.6 Å². The lowest BCUT2D eigenvalue weighted by molar-refractivity contribution is 0.249. The van der Waals surface area contributed by atoms with Crippen molar-refractivity contribution in [3.05, 3.63) is 137 Å². The largest absolute Gasteiger partial charge is 0.361 e. The number of likely N-dealkylation sites (tertiary alicyclic amines) is 1. The number of hydrogen-bond acceptors (Lipinski definition) is 2. The highest BCUT2D eigenvalue weighted by Gasteiger charge is 2.49. The molecule has 1 aromatic rings. The van der Waals surface area contributed by atoms with Gasteiger partial charge in [-0.25, -0.2) is 0 Å². The average molecular weight is 596 g/mol. The van der Waals surface area contributed by atoms with Crippen molar-refractivity contribution in [1.29, 1.82) is 0 Å². The Balaban J connectivity index is 1.04. The molecule has 44 heavy (non-hydrogen) atoms. The van der Waals surface area contributed by atoms with Crippen molar-refractivity contribution in [1.82, 2.24) is 4.90 Å². The summed E-state index contributed by atoms with van der Waals surface area (Å²) in [6.07, 6.45) is 43.9. The van der Waals surface area contributed by atoms with Crippen LogP contribution in [0.1, 0.15) is 63.4 Å². The molecule has 2 aliphatic heterocycles. The molecule has 6 aliphatic carbocycles. The molecule has 0 saturated carbocycles. The van der Waals surface area contributed by atoms with E-state index in [0.29, 0.717) is 35.8 Å². The third kappa shape index (κ3) is 4.75. The molecule has 7 unspecified atom stereocenters. The molecule has 0 radical (unpaired) electrons. The molecule has 2 saturated heterocycles. The van der Waals surface area contributed by atoms with Crippen LogP contribution in [0.15, 0.2) is 131 Å². The Bertz CT molecular complexity index is 1580. The van der Waals surface area contributed by atoms with E-state index >= 15 is 0 Å². The second-order valence-electron chi connectivity index (χ2n) is 14.5. The molecule has 0 N–H and O–H groups in total. The molecule has 0 aromatic heterocycles. The highest BCUT2D eigenvalue weighted by molar-refractivity contribution is 8.04. The van der Waals surface area contributed by atoms with Crippen LogP contribution in [0.2, 0.25) is 0 Å². The number of fused-ring (bicyclic) bond motifs is 6. The number of benzene rings is 1. The van der Waals surface area contributed by atoms with E-state index in [0.717, 1.165) is 17.1 Å². The van der Waals surface area contributed by atoms with Crippen molar-refractivity contribution in [2.75, 3.05) is 0 Å². The van der Waals surface area contributed by atoms with Gasteiger partial charge in [0.2, 0.25) is 0 Å². The maximum absolute atomic E-state index is 2.88. The number of hydrogen-bond donors (Lipinski definition) is 0. The van der Waals surface area contributed by atoms with E-state index in [9.17, 15) is 0 Å². The van der Waals surface area contributed by atoms with E-state index in [4.69, 9.17) is 0 Å². The van der Waals surface area contributed by atoms with Gasteiger partial charge in [-0.05, 0) is 109 Å². The predicted molar refractivity (Wildman–Crippen MR) is 187 cm³/mol. The molecular weight excluding hydrogens is 551 g/mol. The number of rotatable bonds is 4. The molecule has 1 aromatic carbocycles. The average Bonchev–Trinajstić information content (AvgIpc) is 3.64. The Morgan fingerprint density at radius 3 is 2.55 bits per heavy atom. The number of nitrogens with zero attached hydrogens (tertiary/aromatic N) is 1. The van der Waals surface area contributed by atoms with Crippen molar-refractivity contribution < 1.29 is 0 Å². The monoisotopic (exact) mass is 595 g/mol. The summed E-state index contributed by atoms with van der Waals surface area (Å²) >= 11 is 2.19. The van der Waals surface area contributed by atoms with Gasteiger partial charge < -0.3 is 4.90 Å². The summed E-state index contributed by atoms with van der Waals surface area (Å²) < 4.78 is 0. The maximum atomic E-state index is 2.88. The van der Waals surface area contributed by atoms with Crippen LogP contribution in [0.25, 0.3) is 5.57 Å². The van der Waals surface area contributed by atoms with Gasteiger partial charge in [0.1, 0.15) is 0 Å². The molecule has 8 aliphatic rings. The third-order valence-corrected chi connectivity index (χ3v) is 13.7. The molecule has 9 rings (SSSR count). The zero-order valence-electron chi connectivity index (χ0n) is 25.8. The summed E-state index contributed by atoms with van der Waals surface area (Å²) in [4.78, 5) is 4.54. The Kier molecular flexibility index (Phi) is 7.11. The zero-order valence-corrected chi connectivity index (χ0v) is 26.6. The molecular formula is C42H45NS. The molecule has 224 valence electrons. The zero-order chi connectivity index (χ0) is 29.0. The van der Waals surface area contributed by atoms with Crippen molar-refractivity contribution in [2.45, 2.75) is 75.1 Å². The fraction of sp³-hybridized carbons (Fsp3) is 0.429. The lowest BCUT2D eigenvalue weighted by Crippen LogP contribution is -2.38. The summed E-state index contributed by atoms with van der Waals surface area (Å²) in [6.45, 7) is 0. The van der Waals surface area contributed by atoms with Gasteiger partial charge in [-0.3, -0.25) is 0 Å². The second kappa shape index (κ2) is 11.4. The predicted octanol–water partition coefficient (Wildman–Crippen LogP) is 10.4. The van der Waals surface area contributed by atoms with Gasteiger partial charge in [0.05, 0.1) is 6.04 Å². The highest BCUT2D eigenvalue weighted by atomic mass is 32.2. The molecule has 2 heteroatoms. The van der Waals surface area contributed by atoms with Crippen LogP contribution in [-0.2, 0) is 0 Å². The molecule has 2 fully saturated rings. The van der Waals surface area contributed by atoms with Crippen LogP contribution in [0.4, 0.5) is 0 Å². The first-order valence-electron chi connectivity index (χ1n) is 17.5. The minimum atomic E-state index is 0.446. The first-order valence-corrected chi connectivity index (χ1v) is 18.4. The molecule has 0 spiro atoms. The Morgan fingerprint density at radius 1 is 0.727 bits per heavy atom. The van der Waals surface area contributed by atoms with Crippen LogP contribution in [0.3, 0.4) is 0 Å². The van der Waals surface area contributed by atoms with Crippen LogP contribution in [-0.4, -0.2) is 22.2 Å². The topological polar surface area (TPSA) is 3.24 Å². The van der Waals surface area contributed by atoms with E-state index in [1.807, 2.05) is 0 Å².